The van der Waals surface area contributed by atoms with E-state index in [4.69, 9.17) is 9.47 Å². The van der Waals surface area contributed by atoms with Gasteiger partial charge in [0.25, 0.3) is 0 Å². The van der Waals surface area contributed by atoms with Crippen molar-refractivity contribution in [1.29, 1.82) is 0 Å². The minimum Gasteiger partial charge on any atom is -0.489 e. The van der Waals surface area contributed by atoms with Gasteiger partial charge in [0.15, 0.2) is 0 Å². The lowest BCUT2D eigenvalue weighted by atomic mass is 9.59. The zero-order valence-electron chi connectivity index (χ0n) is 13.2. The number of ether oxygens (including phenoxy) is 2. The maximum Gasteiger partial charge on any atom is 0.319 e. The molecular formula is C18H21NO4. The number of carbonyl (C=O) groups excluding carboxylic acids is 2. The Balaban J connectivity index is 1.85. The van der Waals surface area contributed by atoms with Crippen molar-refractivity contribution in [2.75, 3.05) is 6.61 Å². The Labute approximate surface area is 135 Å². The van der Waals surface area contributed by atoms with E-state index in [1.165, 1.54) is 0 Å². The third-order valence-electron chi connectivity index (χ3n) is 5.57. The van der Waals surface area contributed by atoms with Crippen molar-refractivity contribution < 1.29 is 19.1 Å². The van der Waals surface area contributed by atoms with Gasteiger partial charge in [0.05, 0.1) is 18.1 Å². The first-order valence-corrected chi connectivity index (χ1v) is 8.41. The van der Waals surface area contributed by atoms with Crippen LogP contribution in [-0.2, 0) is 14.3 Å². The molecule has 0 aromatic heterocycles. The first kappa shape index (κ1) is 14.5. The van der Waals surface area contributed by atoms with Gasteiger partial charge in [-0.25, -0.2) is 0 Å². The van der Waals surface area contributed by atoms with Crippen LogP contribution in [0.4, 0.5) is 0 Å². The zero-order valence-corrected chi connectivity index (χ0v) is 13.2. The summed E-state index contributed by atoms with van der Waals surface area (Å²) >= 11 is 0. The summed E-state index contributed by atoms with van der Waals surface area (Å²) in [5.74, 6) is -0.584. The number of para-hydroxylation sites is 1. The third-order valence-corrected chi connectivity index (χ3v) is 5.57. The van der Waals surface area contributed by atoms with E-state index >= 15 is 0 Å². The highest BCUT2D eigenvalue weighted by Gasteiger charge is 2.66. The number of carbonyl (C=O) groups is 2. The third kappa shape index (κ3) is 1.92. The standard InChI is InChI=1S/C18H21NO4/c1-2-22-17(21)14-16(20)19-15-11-7-3-4-8-12(11)23-13-9-5-6-10-18(13,14)15/h3-4,7-8,13-15H,2,5-6,9-10H2,1H3,(H,19,20)/t13-,14-,15+,18-/m0/s1. The Morgan fingerprint density at radius 3 is 3.04 bits per heavy atom. The highest BCUT2D eigenvalue weighted by molar-refractivity contribution is 6.01. The first-order chi connectivity index (χ1) is 11.2. The summed E-state index contributed by atoms with van der Waals surface area (Å²) in [6.07, 6.45) is 3.62. The first-order valence-electron chi connectivity index (χ1n) is 8.41. The van der Waals surface area contributed by atoms with Crippen LogP contribution in [0.1, 0.15) is 44.2 Å². The average Bonchev–Trinajstić information content (AvgIpc) is 2.85. The molecule has 1 spiro atoms. The number of hydrogen-bond acceptors (Lipinski definition) is 4. The molecule has 5 heteroatoms. The lowest BCUT2D eigenvalue weighted by Gasteiger charge is -2.49. The molecule has 1 saturated heterocycles. The molecule has 1 amide bonds. The molecule has 1 saturated carbocycles. The summed E-state index contributed by atoms with van der Waals surface area (Å²) in [6.45, 7) is 2.05. The van der Waals surface area contributed by atoms with Crippen molar-refractivity contribution in [3.05, 3.63) is 29.8 Å². The molecule has 3 aliphatic rings. The van der Waals surface area contributed by atoms with E-state index < -0.39 is 17.3 Å². The van der Waals surface area contributed by atoms with Gasteiger partial charge in [-0.3, -0.25) is 9.59 Å². The molecule has 1 aromatic rings. The van der Waals surface area contributed by atoms with Crippen LogP contribution in [0.5, 0.6) is 5.75 Å². The Morgan fingerprint density at radius 2 is 2.22 bits per heavy atom. The normalized spacial score (nSPS) is 34.5. The summed E-state index contributed by atoms with van der Waals surface area (Å²) in [6, 6.07) is 7.65. The van der Waals surface area contributed by atoms with Crippen molar-refractivity contribution in [3.8, 4) is 5.75 Å². The van der Waals surface area contributed by atoms with E-state index in [-0.39, 0.29) is 24.7 Å². The maximum absolute atomic E-state index is 12.6. The largest absolute Gasteiger partial charge is 0.489 e. The van der Waals surface area contributed by atoms with Crippen LogP contribution >= 0.6 is 0 Å². The molecule has 2 fully saturated rings. The molecule has 4 atom stereocenters. The van der Waals surface area contributed by atoms with Gasteiger partial charge in [0.2, 0.25) is 5.91 Å². The fraction of sp³-hybridized carbons (Fsp3) is 0.556. The molecule has 4 rings (SSSR count). The van der Waals surface area contributed by atoms with Crippen molar-refractivity contribution in [1.82, 2.24) is 5.32 Å². The molecule has 0 unspecified atom stereocenters. The molecule has 0 radical (unpaired) electrons. The molecule has 1 aliphatic carbocycles. The number of rotatable bonds is 2. The lowest BCUT2D eigenvalue weighted by molar-refractivity contribution is -0.161. The fourth-order valence-electron chi connectivity index (χ4n) is 4.69. The van der Waals surface area contributed by atoms with E-state index in [2.05, 4.69) is 5.32 Å². The second-order valence-electron chi connectivity index (χ2n) is 6.63. The lowest BCUT2D eigenvalue weighted by Crippen LogP contribution is -2.53. The van der Waals surface area contributed by atoms with Crippen molar-refractivity contribution >= 4 is 11.9 Å². The number of nitrogens with one attached hydrogen (secondary N) is 1. The Bertz CT molecular complexity index is 658. The fourth-order valence-corrected chi connectivity index (χ4v) is 4.69. The van der Waals surface area contributed by atoms with Gasteiger partial charge in [0, 0.05) is 5.56 Å². The minimum atomic E-state index is -0.772. The number of esters is 1. The molecule has 5 nitrogen and oxygen atoms in total. The van der Waals surface area contributed by atoms with Crippen molar-refractivity contribution in [2.45, 2.75) is 44.8 Å². The van der Waals surface area contributed by atoms with Crippen LogP contribution < -0.4 is 10.1 Å². The van der Waals surface area contributed by atoms with Crippen LogP contribution in [0.15, 0.2) is 24.3 Å². The van der Waals surface area contributed by atoms with Gasteiger partial charge in [-0.15, -0.1) is 0 Å². The summed E-state index contributed by atoms with van der Waals surface area (Å²) in [5.41, 5.74) is 0.460. The molecule has 2 aliphatic heterocycles. The van der Waals surface area contributed by atoms with E-state index in [1.54, 1.807) is 6.92 Å². The van der Waals surface area contributed by atoms with Crippen molar-refractivity contribution in [2.24, 2.45) is 11.3 Å². The Kier molecular flexibility index (Phi) is 3.32. The molecule has 0 bridgehead atoms. The quantitative estimate of drug-likeness (QED) is 0.672. The minimum absolute atomic E-state index is 0.121. The average molecular weight is 315 g/mol. The summed E-state index contributed by atoms with van der Waals surface area (Å²) in [7, 11) is 0. The maximum atomic E-state index is 12.6. The second-order valence-corrected chi connectivity index (χ2v) is 6.63. The smallest absolute Gasteiger partial charge is 0.319 e. The van der Waals surface area contributed by atoms with Gasteiger partial charge in [0.1, 0.15) is 17.8 Å². The highest BCUT2D eigenvalue weighted by Crippen LogP contribution is 2.60. The molecular weight excluding hydrogens is 294 g/mol. The summed E-state index contributed by atoms with van der Waals surface area (Å²) in [4.78, 5) is 25.2. The van der Waals surface area contributed by atoms with Crippen LogP contribution in [0.2, 0.25) is 0 Å². The second kappa shape index (κ2) is 5.25. The summed E-state index contributed by atoms with van der Waals surface area (Å²) in [5, 5.41) is 3.07. The van der Waals surface area contributed by atoms with E-state index in [0.717, 1.165) is 37.0 Å². The number of fused-ring (bicyclic) bond motifs is 2. The molecule has 1 N–H and O–H groups in total. The SMILES string of the molecule is CCOC(=O)[C@@H]1C(=O)N[C@@H]2c3ccccc3O[C@H]3CCCC[C@@]132. The van der Waals surface area contributed by atoms with Gasteiger partial charge < -0.3 is 14.8 Å². The van der Waals surface area contributed by atoms with Crippen LogP contribution in [0.3, 0.4) is 0 Å². The number of amides is 1. The van der Waals surface area contributed by atoms with Gasteiger partial charge in [-0.1, -0.05) is 24.6 Å². The number of benzene rings is 1. The zero-order chi connectivity index (χ0) is 16.0. The van der Waals surface area contributed by atoms with E-state index in [0.29, 0.717) is 0 Å². The molecule has 1 aromatic carbocycles. The summed E-state index contributed by atoms with van der Waals surface area (Å²) < 4.78 is 11.5. The topological polar surface area (TPSA) is 64.6 Å². The Hall–Kier alpha value is -2.04. The monoisotopic (exact) mass is 315 g/mol. The van der Waals surface area contributed by atoms with E-state index in [1.807, 2.05) is 24.3 Å². The van der Waals surface area contributed by atoms with Gasteiger partial charge in [-0.2, -0.15) is 0 Å². The van der Waals surface area contributed by atoms with Gasteiger partial charge in [-0.05, 0) is 32.3 Å². The predicted molar refractivity (Wildman–Crippen MR) is 82.8 cm³/mol. The molecule has 2 heterocycles. The van der Waals surface area contributed by atoms with E-state index in [9.17, 15) is 9.59 Å². The van der Waals surface area contributed by atoms with Crippen LogP contribution in [0, 0.1) is 11.3 Å². The molecule has 122 valence electrons. The number of hydrogen-bond donors (Lipinski definition) is 1. The molecule has 23 heavy (non-hydrogen) atoms. The van der Waals surface area contributed by atoms with Crippen molar-refractivity contribution in [3.63, 3.8) is 0 Å². The van der Waals surface area contributed by atoms with Crippen LogP contribution in [-0.4, -0.2) is 24.6 Å². The van der Waals surface area contributed by atoms with Gasteiger partial charge >= 0.3 is 5.97 Å². The highest BCUT2D eigenvalue weighted by atomic mass is 16.5. The Morgan fingerprint density at radius 1 is 1.39 bits per heavy atom. The predicted octanol–water partition coefficient (Wildman–Crippen LogP) is 2.36. The van der Waals surface area contributed by atoms with Crippen LogP contribution in [0.25, 0.3) is 0 Å².